The number of piperidine rings is 1. The average Bonchev–Trinajstić information content (AvgIpc) is 3.23. The van der Waals surface area contributed by atoms with E-state index in [0.29, 0.717) is 24.5 Å². The Morgan fingerprint density at radius 1 is 1.20 bits per heavy atom. The van der Waals surface area contributed by atoms with Gasteiger partial charge in [-0.1, -0.05) is 31.5 Å². The first kappa shape index (κ1) is 21.9. The molecule has 35 heavy (non-hydrogen) atoms. The molecule has 1 N–H and O–H groups in total. The molecule has 0 amide bonds. The molecule has 5 heterocycles. The molecule has 2 aromatic heterocycles. The summed E-state index contributed by atoms with van der Waals surface area (Å²) in [5, 5.41) is 13.8. The number of rotatable bonds is 3. The van der Waals surface area contributed by atoms with E-state index in [1.165, 1.54) is 9.63 Å². The maximum atomic E-state index is 13.8. The second-order valence-corrected chi connectivity index (χ2v) is 9.34. The summed E-state index contributed by atoms with van der Waals surface area (Å²) in [5.74, 6) is -1.81. The molecular weight excluding hydrogens is 450 g/mol. The first-order chi connectivity index (χ1) is 16.9. The Labute approximate surface area is 200 Å². The van der Waals surface area contributed by atoms with Crippen LogP contribution in [0.2, 0.25) is 0 Å². The van der Waals surface area contributed by atoms with E-state index in [9.17, 15) is 19.5 Å². The second-order valence-electron chi connectivity index (χ2n) is 9.34. The first-order valence-corrected chi connectivity index (χ1v) is 12.0. The number of hydrogen-bond donors (Lipinski definition) is 1. The van der Waals surface area contributed by atoms with E-state index >= 15 is 0 Å². The molecular formula is C26H25N3O6. The van der Waals surface area contributed by atoms with Crippen LogP contribution in [0.3, 0.4) is 0 Å². The molecule has 0 radical (unpaired) electrons. The summed E-state index contributed by atoms with van der Waals surface area (Å²) < 4.78 is 6.90. The lowest BCUT2D eigenvalue weighted by atomic mass is 9.83. The fraction of sp³-hybridized carbons (Fsp3) is 0.385. The average molecular weight is 476 g/mol. The summed E-state index contributed by atoms with van der Waals surface area (Å²) in [6, 6.07) is 11.2. The third kappa shape index (κ3) is 3.30. The van der Waals surface area contributed by atoms with Gasteiger partial charge in [0.2, 0.25) is 6.10 Å². The molecule has 0 aliphatic carbocycles. The van der Waals surface area contributed by atoms with Crippen molar-refractivity contribution >= 4 is 22.8 Å². The Morgan fingerprint density at radius 2 is 1.97 bits per heavy atom. The van der Waals surface area contributed by atoms with Crippen molar-refractivity contribution in [3.8, 4) is 11.4 Å². The number of cyclic esters (lactones) is 1. The number of para-hydroxylation sites is 1. The topological polar surface area (TPSA) is 111 Å². The Morgan fingerprint density at radius 3 is 2.74 bits per heavy atom. The fourth-order valence-corrected chi connectivity index (χ4v) is 5.29. The molecule has 0 spiro atoms. The van der Waals surface area contributed by atoms with E-state index in [-0.39, 0.29) is 24.1 Å². The first-order valence-electron chi connectivity index (χ1n) is 12.0. The minimum absolute atomic E-state index is 0.0202. The molecule has 0 bridgehead atoms. The van der Waals surface area contributed by atoms with Crippen LogP contribution in [0.4, 0.5) is 0 Å². The summed E-state index contributed by atoms with van der Waals surface area (Å²) in [7, 11) is 0. The van der Waals surface area contributed by atoms with E-state index in [1.54, 1.807) is 13.0 Å². The largest absolute Gasteiger partial charge is 0.443 e. The van der Waals surface area contributed by atoms with Crippen molar-refractivity contribution in [3.63, 3.8) is 0 Å². The van der Waals surface area contributed by atoms with Crippen LogP contribution in [-0.4, -0.2) is 44.7 Å². The number of fused-ring (bicyclic) bond motifs is 5. The summed E-state index contributed by atoms with van der Waals surface area (Å²) in [6.07, 6.45) is 1.26. The molecule has 9 heteroatoms. The molecule has 6 rings (SSSR count). The Bertz CT molecular complexity index is 1440. The predicted octanol–water partition coefficient (Wildman–Crippen LogP) is 2.56. The number of hydroxylamine groups is 2. The number of carbonyl (C=O) groups is 2. The lowest BCUT2D eigenvalue weighted by Gasteiger charge is -2.36. The second kappa shape index (κ2) is 8.00. The number of hydrogen-bond acceptors (Lipinski definition) is 8. The maximum Gasteiger partial charge on any atom is 0.371 e. The number of aliphatic hydroxyl groups is 1. The molecule has 3 aliphatic heterocycles. The van der Waals surface area contributed by atoms with Crippen LogP contribution >= 0.6 is 0 Å². The Balaban J connectivity index is 1.50. The fourth-order valence-electron chi connectivity index (χ4n) is 5.29. The van der Waals surface area contributed by atoms with Crippen molar-refractivity contribution in [2.24, 2.45) is 0 Å². The predicted molar refractivity (Wildman–Crippen MR) is 125 cm³/mol. The lowest BCUT2D eigenvalue weighted by Crippen LogP contribution is -2.48. The van der Waals surface area contributed by atoms with Crippen LogP contribution in [-0.2, 0) is 31.3 Å². The van der Waals surface area contributed by atoms with Gasteiger partial charge in [-0.2, -0.15) is 0 Å². The summed E-state index contributed by atoms with van der Waals surface area (Å²) in [5.41, 5.74) is 0.215. The molecule has 9 nitrogen and oxygen atoms in total. The molecule has 3 aromatic rings. The van der Waals surface area contributed by atoms with Gasteiger partial charge >= 0.3 is 11.9 Å². The van der Waals surface area contributed by atoms with Crippen LogP contribution in [0.5, 0.6) is 0 Å². The SMILES string of the molecule is CC[C@@]1(O)C(=O)OC(C(=O)ON2CCCCC2)c2c1cc1n(c2=O)Cc2cc3ccccc3nc2-1. The van der Waals surface area contributed by atoms with E-state index < -0.39 is 29.2 Å². The molecule has 1 fully saturated rings. The van der Waals surface area contributed by atoms with Crippen LogP contribution < -0.4 is 5.56 Å². The number of esters is 1. The van der Waals surface area contributed by atoms with Crippen molar-refractivity contribution in [1.29, 1.82) is 0 Å². The maximum absolute atomic E-state index is 13.8. The standard InChI is InChI=1S/C26H25N3O6/c1-2-26(33)17-13-19-21-16(12-15-8-4-5-9-18(15)27-21)14-29(19)23(30)20(17)22(34-25(26)32)24(31)35-28-10-6-3-7-11-28/h4-5,8-9,12-13,22,33H,2-3,6-7,10-11,14H2,1H3/t22?,26-/m0/s1. The Hall–Kier alpha value is -3.56. The van der Waals surface area contributed by atoms with Gasteiger partial charge in [-0.15, -0.1) is 5.06 Å². The van der Waals surface area contributed by atoms with Crippen molar-refractivity contribution in [1.82, 2.24) is 14.6 Å². The number of aromatic nitrogens is 2. The van der Waals surface area contributed by atoms with Gasteiger partial charge in [-0.25, -0.2) is 14.6 Å². The smallest absolute Gasteiger partial charge is 0.371 e. The lowest BCUT2D eigenvalue weighted by molar-refractivity contribution is -0.214. The highest BCUT2D eigenvalue weighted by Crippen LogP contribution is 2.42. The van der Waals surface area contributed by atoms with E-state index in [4.69, 9.17) is 14.6 Å². The van der Waals surface area contributed by atoms with Crippen LogP contribution in [0.25, 0.3) is 22.3 Å². The zero-order valence-electron chi connectivity index (χ0n) is 19.3. The van der Waals surface area contributed by atoms with E-state index in [1.807, 2.05) is 30.3 Å². The zero-order valence-corrected chi connectivity index (χ0v) is 19.3. The van der Waals surface area contributed by atoms with Crippen molar-refractivity contribution in [3.05, 3.63) is 63.4 Å². The molecule has 1 aromatic carbocycles. The van der Waals surface area contributed by atoms with Crippen molar-refractivity contribution in [2.45, 2.75) is 50.9 Å². The van der Waals surface area contributed by atoms with Crippen LogP contribution in [0.15, 0.2) is 41.2 Å². The highest BCUT2D eigenvalue weighted by atomic mass is 16.7. The number of carbonyl (C=O) groups excluding carboxylic acids is 2. The van der Waals surface area contributed by atoms with Crippen molar-refractivity contribution in [2.75, 3.05) is 13.1 Å². The number of pyridine rings is 2. The summed E-state index contributed by atoms with van der Waals surface area (Å²) in [4.78, 5) is 50.1. The van der Waals surface area contributed by atoms with Gasteiger partial charge in [0.1, 0.15) is 0 Å². The van der Waals surface area contributed by atoms with E-state index in [0.717, 1.165) is 35.7 Å². The monoisotopic (exact) mass is 475 g/mol. The van der Waals surface area contributed by atoms with Crippen LogP contribution in [0, 0.1) is 0 Å². The normalized spacial score (nSPS) is 23.4. The summed E-state index contributed by atoms with van der Waals surface area (Å²) in [6.45, 7) is 3.05. The zero-order chi connectivity index (χ0) is 24.3. The molecule has 3 aliphatic rings. The molecule has 1 unspecified atom stereocenters. The molecule has 2 atom stereocenters. The van der Waals surface area contributed by atoms with Gasteiger partial charge in [0.05, 0.1) is 29.0 Å². The van der Waals surface area contributed by atoms with Gasteiger partial charge in [-0.3, -0.25) is 4.79 Å². The van der Waals surface area contributed by atoms with Gasteiger partial charge in [0, 0.05) is 29.6 Å². The third-order valence-electron chi connectivity index (χ3n) is 7.24. The molecule has 180 valence electrons. The van der Waals surface area contributed by atoms with Gasteiger partial charge < -0.3 is 19.2 Å². The Kier molecular flexibility index (Phi) is 5.01. The molecule has 0 saturated carbocycles. The minimum atomic E-state index is -2.05. The van der Waals surface area contributed by atoms with Gasteiger partial charge in [-0.05, 0) is 37.5 Å². The summed E-state index contributed by atoms with van der Waals surface area (Å²) >= 11 is 0. The minimum Gasteiger partial charge on any atom is -0.443 e. The quantitative estimate of drug-likeness (QED) is 0.450. The van der Waals surface area contributed by atoms with Crippen LogP contribution in [0.1, 0.15) is 55.4 Å². The molecule has 1 saturated heterocycles. The number of nitrogens with zero attached hydrogens (tertiary/aromatic N) is 3. The highest BCUT2D eigenvalue weighted by molar-refractivity contribution is 5.90. The van der Waals surface area contributed by atoms with Gasteiger partial charge in [0.25, 0.3) is 5.56 Å². The number of ether oxygens (including phenoxy) is 1. The highest BCUT2D eigenvalue weighted by Gasteiger charge is 2.51. The third-order valence-corrected chi connectivity index (χ3v) is 7.24. The van der Waals surface area contributed by atoms with E-state index in [2.05, 4.69) is 0 Å². The number of benzene rings is 1. The van der Waals surface area contributed by atoms with Gasteiger partial charge in [0.15, 0.2) is 5.60 Å². The van der Waals surface area contributed by atoms with Crippen molar-refractivity contribution < 1.29 is 24.3 Å².